The van der Waals surface area contributed by atoms with Crippen LogP contribution in [0.25, 0.3) is 16.9 Å². The second kappa shape index (κ2) is 10.3. The van der Waals surface area contributed by atoms with Crippen LogP contribution in [0, 0.1) is 13.8 Å². The van der Waals surface area contributed by atoms with Crippen LogP contribution in [0.3, 0.4) is 0 Å². The smallest absolute Gasteiger partial charge is 0.264 e. The first kappa shape index (κ1) is 25.7. The highest BCUT2D eigenvalue weighted by atomic mass is 35.5. The lowest BCUT2D eigenvalue weighted by Crippen LogP contribution is -2.24. The number of methoxy groups -OCH3 is 1. The molecule has 0 atom stereocenters. The van der Waals surface area contributed by atoms with E-state index in [1.807, 2.05) is 36.4 Å². The number of anilines is 1. The highest BCUT2D eigenvalue weighted by molar-refractivity contribution is 7.92. The van der Waals surface area contributed by atoms with Gasteiger partial charge in [0, 0.05) is 42.3 Å². The Balaban J connectivity index is 0.00000304. The molecule has 0 saturated carbocycles. The molecule has 4 aromatic rings. The van der Waals surface area contributed by atoms with Crippen LogP contribution in [0.4, 0.5) is 5.95 Å². The molecule has 36 heavy (non-hydrogen) atoms. The molecule has 1 aliphatic heterocycles. The van der Waals surface area contributed by atoms with Gasteiger partial charge < -0.3 is 14.6 Å². The summed E-state index contributed by atoms with van der Waals surface area (Å²) in [4.78, 5) is 8.53. The molecule has 8 nitrogen and oxygen atoms in total. The summed E-state index contributed by atoms with van der Waals surface area (Å²) in [5.74, 6) is 0.869. The first-order valence-corrected chi connectivity index (χ1v) is 12.9. The zero-order valence-corrected chi connectivity index (χ0v) is 21.9. The van der Waals surface area contributed by atoms with E-state index in [4.69, 9.17) is 4.74 Å². The van der Waals surface area contributed by atoms with Crippen LogP contribution in [0.1, 0.15) is 22.6 Å². The van der Waals surface area contributed by atoms with Crippen molar-refractivity contribution < 1.29 is 13.2 Å². The Morgan fingerprint density at radius 3 is 2.28 bits per heavy atom. The maximum Gasteiger partial charge on any atom is 0.264 e. The molecule has 5 rings (SSSR count). The van der Waals surface area contributed by atoms with Crippen molar-refractivity contribution in [3.8, 4) is 22.7 Å². The molecule has 1 aliphatic rings. The summed E-state index contributed by atoms with van der Waals surface area (Å²) >= 11 is 0. The van der Waals surface area contributed by atoms with Crippen LogP contribution >= 0.6 is 12.4 Å². The summed E-state index contributed by atoms with van der Waals surface area (Å²) in [6.45, 7) is 5.30. The SMILES string of the molecule is COc1ccc(-c2cc3c(n2-c2ccc(S(=O)(=O)Nc4nc(C)cc(C)n4)cc2)CCNC3)cc1.Cl. The maximum atomic E-state index is 13.0. The lowest BCUT2D eigenvalue weighted by atomic mass is 10.1. The monoisotopic (exact) mass is 525 g/mol. The van der Waals surface area contributed by atoms with Crippen LogP contribution in [-0.2, 0) is 23.0 Å². The van der Waals surface area contributed by atoms with Gasteiger partial charge in [-0.25, -0.2) is 23.1 Å². The summed E-state index contributed by atoms with van der Waals surface area (Å²) in [5, 5.41) is 3.43. The van der Waals surface area contributed by atoms with Crippen LogP contribution in [0.2, 0.25) is 0 Å². The Morgan fingerprint density at radius 2 is 1.64 bits per heavy atom. The molecule has 0 bridgehead atoms. The van der Waals surface area contributed by atoms with Crippen molar-refractivity contribution in [3.05, 3.63) is 83.3 Å². The number of rotatable bonds is 6. The summed E-state index contributed by atoms with van der Waals surface area (Å²) < 4.78 is 36.0. The highest BCUT2D eigenvalue weighted by Gasteiger charge is 2.21. The summed E-state index contributed by atoms with van der Waals surface area (Å²) in [5.41, 5.74) is 6.89. The van der Waals surface area contributed by atoms with E-state index >= 15 is 0 Å². The van der Waals surface area contributed by atoms with Gasteiger partial charge in [-0.05, 0) is 85.6 Å². The molecule has 0 spiro atoms. The summed E-state index contributed by atoms with van der Waals surface area (Å²) in [6, 6.07) is 18.9. The Labute approximate surface area is 217 Å². The standard InChI is InChI=1S/C26H27N5O3S.ClH/c1-17-14-18(2)29-26(28-17)30-35(32,33)23-10-6-21(7-11-23)31-24-12-13-27-16-20(24)15-25(31)19-4-8-22(34-3)9-5-19;/h4-11,14-15,27H,12-13,16H2,1-3H3,(H,28,29,30);1H. The number of sulfonamides is 1. The molecule has 2 aromatic heterocycles. The molecular formula is C26H28ClN5O3S. The van der Waals surface area contributed by atoms with Crippen molar-refractivity contribution in [1.82, 2.24) is 19.9 Å². The summed E-state index contributed by atoms with van der Waals surface area (Å²) in [6.07, 6.45) is 0.886. The first-order chi connectivity index (χ1) is 16.8. The van der Waals surface area contributed by atoms with E-state index in [1.165, 1.54) is 11.3 Å². The van der Waals surface area contributed by atoms with Crippen LogP contribution in [0.5, 0.6) is 5.75 Å². The van der Waals surface area contributed by atoms with Gasteiger partial charge in [0.25, 0.3) is 10.0 Å². The number of nitrogens with zero attached hydrogens (tertiary/aromatic N) is 3. The van der Waals surface area contributed by atoms with Crippen LogP contribution in [0.15, 0.2) is 65.6 Å². The van der Waals surface area contributed by atoms with Gasteiger partial charge in [-0.1, -0.05) is 0 Å². The molecule has 0 fully saturated rings. The van der Waals surface area contributed by atoms with Crippen LogP contribution < -0.4 is 14.8 Å². The predicted octanol–water partition coefficient (Wildman–Crippen LogP) is 4.43. The fraction of sp³-hybridized carbons (Fsp3) is 0.231. The van der Waals surface area contributed by atoms with Gasteiger partial charge >= 0.3 is 0 Å². The van der Waals surface area contributed by atoms with Gasteiger partial charge in [-0.2, -0.15) is 0 Å². The number of benzene rings is 2. The van der Waals surface area contributed by atoms with Gasteiger partial charge in [0.15, 0.2) is 0 Å². The minimum absolute atomic E-state index is 0. The van der Waals surface area contributed by atoms with Crippen molar-refractivity contribution in [1.29, 1.82) is 0 Å². The van der Waals surface area contributed by atoms with Gasteiger partial charge in [0.2, 0.25) is 5.95 Å². The van der Waals surface area contributed by atoms with E-state index < -0.39 is 10.0 Å². The third-order valence-corrected chi connectivity index (χ3v) is 7.39. The van der Waals surface area contributed by atoms with Gasteiger partial charge in [0.1, 0.15) is 5.75 Å². The van der Waals surface area contributed by atoms with Crippen molar-refractivity contribution in [2.24, 2.45) is 0 Å². The average molecular weight is 526 g/mol. The van der Waals surface area contributed by atoms with Crippen molar-refractivity contribution in [3.63, 3.8) is 0 Å². The second-order valence-corrected chi connectivity index (χ2v) is 10.2. The highest BCUT2D eigenvalue weighted by Crippen LogP contribution is 2.32. The average Bonchev–Trinajstić information content (AvgIpc) is 3.23. The minimum Gasteiger partial charge on any atom is -0.497 e. The molecule has 10 heteroatoms. The predicted molar refractivity (Wildman–Crippen MR) is 143 cm³/mol. The third-order valence-electron chi connectivity index (χ3n) is 6.05. The zero-order valence-electron chi connectivity index (χ0n) is 20.3. The number of nitrogens with one attached hydrogen (secondary N) is 2. The maximum absolute atomic E-state index is 13.0. The minimum atomic E-state index is -3.83. The second-order valence-electron chi connectivity index (χ2n) is 8.57. The first-order valence-electron chi connectivity index (χ1n) is 11.4. The third kappa shape index (κ3) is 5.09. The molecule has 2 aromatic carbocycles. The number of hydrogen-bond donors (Lipinski definition) is 2. The Morgan fingerprint density at radius 1 is 0.972 bits per heavy atom. The molecule has 0 saturated heterocycles. The lowest BCUT2D eigenvalue weighted by molar-refractivity contribution is 0.415. The lowest BCUT2D eigenvalue weighted by Gasteiger charge is -2.19. The van der Waals surface area contributed by atoms with Gasteiger partial charge in [0.05, 0.1) is 17.7 Å². The number of ether oxygens (including phenoxy) is 1. The van der Waals surface area contributed by atoms with Crippen molar-refractivity contribution in [2.75, 3.05) is 18.4 Å². The number of hydrogen-bond acceptors (Lipinski definition) is 6. The van der Waals surface area contributed by atoms with Gasteiger partial charge in [-0.3, -0.25) is 0 Å². The fourth-order valence-electron chi connectivity index (χ4n) is 4.45. The molecule has 0 unspecified atom stereocenters. The summed E-state index contributed by atoms with van der Waals surface area (Å²) in [7, 11) is -2.18. The molecule has 188 valence electrons. The van der Waals surface area contributed by atoms with Crippen LogP contribution in [-0.4, -0.2) is 36.6 Å². The molecular weight excluding hydrogens is 498 g/mol. The number of aromatic nitrogens is 3. The number of halogens is 1. The normalized spacial score (nSPS) is 13.0. The van der Waals surface area contributed by atoms with E-state index in [2.05, 4.69) is 30.6 Å². The van der Waals surface area contributed by atoms with E-state index in [9.17, 15) is 8.42 Å². The van der Waals surface area contributed by atoms with Gasteiger partial charge in [-0.15, -0.1) is 12.4 Å². The molecule has 0 radical (unpaired) electrons. The van der Waals surface area contributed by atoms with E-state index in [0.29, 0.717) is 11.4 Å². The van der Waals surface area contributed by atoms with Crippen molar-refractivity contribution in [2.45, 2.75) is 31.7 Å². The topological polar surface area (TPSA) is 98.1 Å². The fourth-order valence-corrected chi connectivity index (χ4v) is 5.40. The quantitative estimate of drug-likeness (QED) is 0.386. The van der Waals surface area contributed by atoms with E-state index in [-0.39, 0.29) is 23.3 Å². The van der Waals surface area contributed by atoms with E-state index in [0.717, 1.165) is 42.2 Å². The molecule has 3 heterocycles. The molecule has 0 aliphatic carbocycles. The molecule has 2 N–H and O–H groups in total. The Bertz CT molecular complexity index is 1460. The Hall–Kier alpha value is -3.40. The Kier molecular flexibility index (Phi) is 7.35. The van der Waals surface area contributed by atoms with Crippen molar-refractivity contribution >= 4 is 28.4 Å². The number of aryl methyl sites for hydroxylation is 2. The number of fused-ring (bicyclic) bond motifs is 1. The largest absolute Gasteiger partial charge is 0.497 e. The van der Waals surface area contributed by atoms with E-state index in [1.54, 1.807) is 39.2 Å². The zero-order chi connectivity index (χ0) is 24.6. The molecule has 0 amide bonds.